The van der Waals surface area contributed by atoms with E-state index in [2.05, 4.69) is 5.32 Å². The highest BCUT2D eigenvalue weighted by Gasteiger charge is 1.92. The molecule has 1 N–H and O–H groups in total. The van der Waals surface area contributed by atoms with Gasteiger partial charge in [-0.3, -0.25) is 4.79 Å². The van der Waals surface area contributed by atoms with E-state index < -0.39 is 6.67 Å². The molecule has 0 saturated heterocycles. The summed E-state index contributed by atoms with van der Waals surface area (Å²) in [4.78, 5) is 10.4. The Hall–Kier alpha value is -1.42. The number of benzene rings is 1. The molecule has 1 rings (SSSR count). The van der Waals surface area contributed by atoms with Gasteiger partial charge in [0.1, 0.15) is 13.0 Å². The fourth-order valence-corrected chi connectivity index (χ4v) is 1.10. The zero-order valence-electron chi connectivity index (χ0n) is 8.41. The minimum absolute atomic E-state index is 0.145. The summed E-state index contributed by atoms with van der Waals surface area (Å²) < 4.78 is 16.6. The van der Waals surface area contributed by atoms with E-state index in [0.717, 1.165) is 12.0 Å². The predicted molar refractivity (Wildman–Crippen MR) is 57.1 cm³/mol. The second kappa shape index (κ2) is 6.95. The van der Waals surface area contributed by atoms with Crippen LogP contribution in [0.3, 0.4) is 0 Å². The average Bonchev–Trinajstić information content (AvgIpc) is 2.30. The number of ether oxygens (including phenoxy) is 1. The van der Waals surface area contributed by atoms with E-state index in [-0.39, 0.29) is 6.61 Å². The van der Waals surface area contributed by atoms with Crippen molar-refractivity contribution in [1.29, 1.82) is 0 Å². The van der Waals surface area contributed by atoms with Crippen molar-refractivity contribution in [1.82, 2.24) is 0 Å². The van der Waals surface area contributed by atoms with Gasteiger partial charge in [0.05, 0.1) is 13.2 Å². The molecule has 82 valence electrons. The summed E-state index contributed by atoms with van der Waals surface area (Å²) in [5.41, 5.74) is 1.57. The first kappa shape index (κ1) is 11.7. The largest absolute Gasteiger partial charge is 0.383 e. The van der Waals surface area contributed by atoms with Crippen LogP contribution in [-0.4, -0.2) is 32.7 Å². The smallest absolute Gasteiger partial charge is 0.150 e. The lowest BCUT2D eigenvalue weighted by Crippen LogP contribution is -2.10. The fraction of sp³-hybridized carbons (Fsp3) is 0.364. The Labute approximate surface area is 88.2 Å². The molecular formula is C11H14FNO2. The molecule has 0 bridgehead atoms. The van der Waals surface area contributed by atoms with Crippen LogP contribution in [0.15, 0.2) is 24.3 Å². The third-order valence-corrected chi connectivity index (χ3v) is 1.84. The third kappa shape index (κ3) is 4.56. The van der Waals surface area contributed by atoms with Crippen LogP contribution < -0.4 is 5.32 Å². The molecule has 0 radical (unpaired) electrons. The number of nitrogens with one attached hydrogen (secondary N) is 1. The predicted octanol–water partition coefficient (Wildman–Crippen LogP) is 1.90. The van der Waals surface area contributed by atoms with E-state index >= 15 is 0 Å². The number of carbonyl (C=O) groups is 1. The van der Waals surface area contributed by atoms with Gasteiger partial charge in [-0.2, -0.15) is 0 Å². The van der Waals surface area contributed by atoms with E-state index in [1.807, 2.05) is 12.1 Å². The second-order valence-electron chi connectivity index (χ2n) is 2.97. The molecule has 0 aromatic heterocycles. The summed E-state index contributed by atoms with van der Waals surface area (Å²) in [6.45, 7) is 0.791. The number of hydrogen-bond acceptors (Lipinski definition) is 3. The SMILES string of the molecule is O=Cc1ccc(NCCOCCF)cc1. The lowest BCUT2D eigenvalue weighted by Gasteiger charge is -2.06. The van der Waals surface area contributed by atoms with E-state index in [0.29, 0.717) is 18.7 Å². The highest BCUT2D eigenvalue weighted by Crippen LogP contribution is 2.07. The Balaban J connectivity index is 2.22. The minimum Gasteiger partial charge on any atom is -0.383 e. The Morgan fingerprint density at radius 3 is 2.60 bits per heavy atom. The Morgan fingerprint density at radius 1 is 1.27 bits per heavy atom. The van der Waals surface area contributed by atoms with Crippen LogP contribution in [0.4, 0.5) is 10.1 Å². The van der Waals surface area contributed by atoms with Crippen molar-refractivity contribution in [3.63, 3.8) is 0 Å². The summed E-state index contributed by atoms with van der Waals surface area (Å²) >= 11 is 0. The van der Waals surface area contributed by atoms with Crippen LogP contribution >= 0.6 is 0 Å². The first-order valence-corrected chi connectivity index (χ1v) is 4.79. The summed E-state index contributed by atoms with van der Waals surface area (Å²) in [5.74, 6) is 0. The highest BCUT2D eigenvalue weighted by atomic mass is 19.1. The molecule has 1 aromatic carbocycles. The molecule has 0 aliphatic carbocycles. The standard InChI is InChI=1S/C11H14FNO2/c12-5-7-15-8-6-13-11-3-1-10(9-14)2-4-11/h1-4,9,13H,5-8H2. The van der Waals surface area contributed by atoms with Gasteiger partial charge in [-0.05, 0) is 24.3 Å². The van der Waals surface area contributed by atoms with Crippen LogP contribution in [-0.2, 0) is 4.74 Å². The molecule has 0 amide bonds. The molecule has 0 fully saturated rings. The molecule has 0 unspecified atom stereocenters. The van der Waals surface area contributed by atoms with Crippen molar-refractivity contribution in [3.8, 4) is 0 Å². The Morgan fingerprint density at radius 2 is 2.00 bits per heavy atom. The average molecular weight is 211 g/mol. The van der Waals surface area contributed by atoms with Crippen molar-refractivity contribution < 1.29 is 13.9 Å². The maximum Gasteiger partial charge on any atom is 0.150 e. The van der Waals surface area contributed by atoms with Gasteiger partial charge in [0.15, 0.2) is 0 Å². The first-order chi connectivity index (χ1) is 7.36. The van der Waals surface area contributed by atoms with Crippen molar-refractivity contribution in [2.75, 3.05) is 31.7 Å². The monoisotopic (exact) mass is 211 g/mol. The van der Waals surface area contributed by atoms with Gasteiger partial charge in [-0.25, -0.2) is 4.39 Å². The lowest BCUT2D eigenvalue weighted by molar-refractivity contribution is 0.112. The zero-order valence-corrected chi connectivity index (χ0v) is 8.41. The number of hydrogen-bond donors (Lipinski definition) is 1. The highest BCUT2D eigenvalue weighted by molar-refractivity contribution is 5.75. The van der Waals surface area contributed by atoms with Crippen LogP contribution in [0.5, 0.6) is 0 Å². The molecule has 15 heavy (non-hydrogen) atoms. The van der Waals surface area contributed by atoms with Crippen LogP contribution in [0, 0.1) is 0 Å². The van der Waals surface area contributed by atoms with Gasteiger partial charge in [0.2, 0.25) is 0 Å². The molecular weight excluding hydrogens is 197 g/mol. The van der Waals surface area contributed by atoms with E-state index in [9.17, 15) is 9.18 Å². The Bertz CT molecular complexity index is 287. The maximum absolute atomic E-state index is 11.6. The molecule has 1 aromatic rings. The van der Waals surface area contributed by atoms with Crippen LogP contribution in [0.2, 0.25) is 0 Å². The van der Waals surface area contributed by atoms with Crippen LogP contribution in [0.25, 0.3) is 0 Å². The van der Waals surface area contributed by atoms with Crippen LogP contribution in [0.1, 0.15) is 10.4 Å². The normalized spacial score (nSPS) is 9.93. The summed E-state index contributed by atoms with van der Waals surface area (Å²) in [6, 6.07) is 7.10. The Kier molecular flexibility index (Phi) is 5.40. The van der Waals surface area contributed by atoms with E-state index in [1.165, 1.54) is 0 Å². The van der Waals surface area contributed by atoms with Gasteiger partial charge in [-0.15, -0.1) is 0 Å². The molecule has 0 spiro atoms. The van der Waals surface area contributed by atoms with Gasteiger partial charge in [0, 0.05) is 17.8 Å². The van der Waals surface area contributed by atoms with Gasteiger partial charge in [0.25, 0.3) is 0 Å². The lowest BCUT2D eigenvalue weighted by atomic mass is 10.2. The molecule has 0 aliphatic rings. The maximum atomic E-state index is 11.6. The van der Waals surface area contributed by atoms with E-state index in [1.54, 1.807) is 12.1 Å². The number of alkyl halides is 1. The topological polar surface area (TPSA) is 38.3 Å². The zero-order chi connectivity index (χ0) is 10.9. The van der Waals surface area contributed by atoms with Gasteiger partial charge >= 0.3 is 0 Å². The third-order valence-electron chi connectivity index (χ3n) is 1.84. The first-order valence-electron chi connectivity index (χ1n) is 4.79. The summed E-state index contributed by atoms with van der Waals surface area (Å²) in [5, 5.41) is 3.09. The molecule has 0 atom stereocenters. The number of carbonyl (C=O) groups excluding carboxylic acids is 1. The molecule has 0 saturated carbocycles. The fourth-order valence-electron chi connectivity index (χ4n) is 1.10. The summed E-state index contributed by atoms with van der Waals surface area (Å²) in [7, 11) is 0. The van der Waals surface area contributed by atoms with Crippen molar-refractivity contribution >= 4 is 12.0 Å². The minimum atomic E-state index is -0.450. The van der Waals surface area contributed by atoms with Crippen molar-refractivity contribution in [3.05, 3.63) is 29.8 Å². The quantitative estimate of drug-likeness (QED) is 0.553. The van der Waals surface area contributed by atoms with Crippen molar-refractivity contribution in [2.45, 2.75) is 0 Å². The molecule has 3 nitrogen and oxygen atoms in total. The number of anilines is 1. The molecule has 4 heteroatoms. The second-order valence-corrected chi connectivity index (χ2v) is 2.97. The van der Waals surface area contributed by atoms with Gasteiger partial charge in [-0.1, -0.05) is 0 Å². The van der Waals surface area contributed by atoms with Crippen molar-refractivity contribution in [2.24, 2.45) is 0 Å². The van der Waals surface area contributed by atoms with E-state index in [4.69, 9.17) is 4.74 Å². The van der Waals surface area contributed by atoms with Gasteiger partial charge < -0.3 is 10.1 Å². The summed E-state index contributed by atoms with van der Waals surface area (Å²) in [6.07, 6.45) is 0.800. The molecule has 0 aliphatic heterocycles. The molecule has 0 heterocycles. The number of aldehydes is 1. The number of halogens is 1. The number of rotatable bonds is 7.